The summed E-state index contributed by atoms with van der Waals surface area (Å²) in [5, 5.41) is 0. The Morgan fingerprint density at radius 3 is 2.31 bits per heavy atom. The van der Waals surface area contributed by atoms with E-state index in [0.717, 1.165) is 30.9 Å². The van der Waals surface area contributed by atoms with Gasteiger partial charge in [0.2, 0.25) is 5.91 Å². The lowest BCUT2D eigenvalue weighted by Gasteiger charge is -2.18. The van der Waals surface area contributed by atoms with Crippen molar-refractivity contribution in [1.29, 1.82) is 0 Å². The third-order valence-electron chi connectivity index (χ3n) is 5.99. The molecule has 4 rings (SSSR count). The minimum atomic E-state index is -0.515. The van der Waals surface area contributed by atoms with Crippen LogP contribution in [0.1, 0.15) is 29.8 Å². The molecule has 2 N–H and O–H groups in total. The van der Waals surface area contributed by atoms with Gasteiger partial charge in [0.1, 0.15) is 23.9 Å². The fraction of sp³-hybridized carbons (Fsp3) is 0.207. The van der Waals surface area contributed by atoms with Crippen LogP contribution in [0.2, 0.25) is 0 Å². The van der Waals surface area contributed by atoms with Gasteiger partial charge < -0.3 is 20.1 Å². The van der Waals surface area contributed by atoms with E-state index in [2.05, 4.69) is 18.7 Å². The molecule has 1 aliphatic rings. The number of carbonyl (C=O) groups excluding carboxylic acids is 2. The molecule has 1 fully saturated rings. The van der Waals surface area contributed by atoms with Crippen LogP contribution < -0.4 is 20.1 Å². The molecule has 0 atom stereocenters. The van der Waals surface area contributed by atoms with Crippen molar-refractivity contribution >= 4 is 64.3 Å². The first kappa shape index (κ1) is 30.2. The molecule has 3 aromatic carbocycles. The van der Waals surface area contributed by atoms with Gasteiger partial charge in [-0.15, -0.1) is 12.4 Å². The lowest BCUT2D eigenvalue weighted by molar-refractivity contribution is -0.113. The molecule has 0 aliphatic carbocycles. The van der Waals surface area contributed by atoms with Gasteiger partial charge >= 0.3 is 0 Å². The molecule has 204 valence electrons. The first-order valence-corrected chi connectivity index (χ1v) is 13.5. The Kier molecular flexibility index (Phi) is 10.9. The average molecular weight is 584 g/mol. The fourth-order valence-electron chi connectivity index (χ4n) is 3.85. The van der Waals surface area contributed by atoms with Crippen molar-refractivity contribution in [1.82, 2.24) is 4.90 Å². The topological polar surface area (TPSA) is 85.1 Å². The number of rotatable bonds is 11. The molecular weight excluding hydrogens is 554 g/mol. The SMILES string of the molecule is CCN(CC)CCOc1ccc(N2C(=O)C(=Cc3ccc(Oc4cccc(C(N)=O)c4)cc3)SC2=S)cc1.Cl. The van der Waals surface area contributed by atoms with Gasteiger partial charge in [0.15, 0.2) is 4.32 Å². The van der Waals surface area contributed by atoms with E-state index in [4.69, 9.17) is 27.4 Å². The Morgan fingerprint density at radius 2 is 1.67 bits per heavy atom. The summed E-state index contributed by atoms with van der Waals surface area (Å²) >= 11 is 6.78. The van der Waals surface area contributed by atoms with Gasteiger partial charge in [-0.25, -0.2) is 0 Å². The molecule has 1 heterocycles. The number of hydrogen-bond acceptors (Lipinski definition) is 7. The van der Waals surface area contributed by atoms with Crippen LogP contribution in [0, 0.1) is 0 Å². The number of ether oxygens (including phenoxy) is 2. The molecule has 0 radical (unpaired) electrons. The zero-order valence-corrected chi connectivity index (χ0v) is 24.1. The maximum atomic E-state index is 13.2. The van der Waals surface area contributed by atoms with E-state index in [0.29, 0.717) is 38.6 Å². The van der Waals surface area contributed by atoms with Gasteiger partial charge in [-0.3, -0.25) is 14.5 Å². The van der Waals surface area contributed by atoms with Gasteiger partial charge in [-0.1, -0.05) is 56.0 Å². The van der Waals surface area contributed by atoms with Gasteiger partial charge in [-0.2, -0.15) is 0 Å². The predicted octanol–water partition coefficient (Wildman–Crippen LogP) is 6.13. The van der Waals surface area contributed by atoms with E-state index >= 15 is 0 Å². The highest BCUT2D eigenvalue weighted by Gasteiger charge is 2.33. The minimum absolute atomic E-state index is 0. The Labute approximate surface area is 244 Å². The monoisotopic (exact) mass is 583 g/mol. The second-order valence-electron chi connectivity index (χ2n) is 8.45. The van der Waals surface area contributed by atoms with Crippen LogP contribution in [0.3, 0.4) is 0 Å². The van der Waals surface area contributed by atoms with Crippen LogP contribution in [0.5, 0.6) is 17.2 Å². The summed E-state index contributed by atoms with van der Waals surface area (Å²) in [7, 11) is 0. The van der Waals surface area contributed by atoms with Crippen molar-refractivity contribution < 1.29 is 19.1 Å². The summed E-state index contributed by atoms with van der Waals surface area (Å²) in [6.45, 7) is 7.72. The molecule has 39 heavy (non-hydrogen) atoms. The number of nitrogens with two attached hydrogens (primary N) is 1. The number of benzene rings is 3. The van der Waals surface area contributed by atoms with Crippen molar-refractivity contribution in [3.63, 3.8) is 0 Å². The Morgan fingerprint density at radius 1 is 1.00 bits per heavy atom. The molecule has 2 amide bonds. The quantitative estimate of drug-likeness (QED) is 0.215. The van der Waals surface area contributed by atoms with Crippen LogP contribution in [-0.2, 0) is 4.79 Å². The molecule has 7 nitrogen and oxygen atoms in total. The Bertz CT molecular complexity index is 1340. The van der Waals surface area contributed by atoms with E-state index < -0.39 is 5.91 Å². The second kappa shape index (κ2) is 14.1. The highest BCUT2D eigenvalue weighted by Crippen LogP contribution is 2.36. The lowest BCUT2D eigenvalue weighted by atomic mass is 10.2. The van der Waals surface area contributed by atoms with Crippen LogP contribution in [-0.4, -0.2) is 47.3 Å². The zero-order valence-electron chi connectivity index (χ0n) is 21.7. The first-order valence-electron chi connectivity index (χ1n) is 12.3. The molecule has 0 bridgehead atoms. The van der Waals surface area contributed by atoms with Crippen molar-refractivity contribution in [2.45, 2.75) is 13.8 Å². The number of halogens is 1. The van der Waals surface area contributed by atoms with E-state index in [1.54, 1.807) is 36.4 Å². The van der Waals surface area contributed by atoms with Crippen molar-refractivity contribution in [3.8, 4) is 17.2 Å². The van der Waals surface area contributed by atoms with Gasteiger partial charge in [0.25, 0.3) is 5.91 Å². The largest absolute Gasteiger partial charge is 0.492 e. The maximum Gasteiger partial charge on any atom is 0.270 e. The van der Waals surface area contributed by atoms with Gasteiger partial charge in [0, 0.05) is 12.1 Å². The molecule has 3 aromatic rings. The number of thiocarbonyl (C=S) groups is 1. The predicted molar refractivity (Wildman–Crippen MR) is 164 cm³/mol. The highest BCUT2D eigenvalue weighted by molar-refractivity contribution is 8.27. The summed E-state index contributed by atoms with van der Waals surface area (Å²) in [5.41, 5.74) is 7.24. The van der Waals surface area contributed by atoms with Crippen molar-refractivity contribution in [3.05, 3.63) is 88.8 Å². The fourth-order valence-corrected chi connectivity index (χ4v) is 5.15. The maximum absolute atomic E-state index is 13.2. The molecule has 0 aromatic heterocycles. The van der Waals surface area contributed by atoms with Crippen LogP contribution >= 0.6 is 36.4 Å². The summed E-state index contributed by atoms with van der Waals surface area (Å²) in [6.07, 6.45) is 1.81. The number of primary amides is 1. The molecule has 1 saturated heterocycles. The summed E-state index contributed by atoms with van der Waals surface area (Å²) in [6, 6.07) is 21.4. The second-order valence-corrected chi connectivity index (χ2v) is 10.1. The van der Waals surface area contributed by atoms with E-state index in [-0.39, 0.29) is 18.3 Å². The number of hydrogen-bond donors (Lipinski definition) is 1. The number of likely N-dealkylation sites (N-methyl/N-ethyl adjacent to an activating group) is 1. The third kappa shape index (κ3) is 7.83. The molecule has 0 unspecified atom stereocenters. The van der Waals surface area contributed by atoms with Gasteiger partial charge in [-0.05, 0) is 79.3 Å². The van der Waals surface area contributed by atoms with Crippen LogP contribution in [0.25, 0.3) is 6.08 Å². The van der Waals surface area contributed by atoms with Crippen molar-refractivity contribution in [2.24, 2.45) is 5.73 Å². The Hall–Kier alpha value is -3.37. The summed E-state index contributed by atoms with van der Waals surface area (Å²) in [5.74, 6) is 1.17. The first-order chi connectivity index (χ1) is 18.4. The van der Waals surface area contributed by atoms with E-state index in [1.165, 1.54) is 16.7 Å². The average Bonchev–Trinajstić information content (AvgIpc) is 3.20. The summed E-state index contributed by atoms with van der Waals surface area (Å²) < 4.78 is 12.1. The number of amides is 2. The lowest BCUT2D eigenvalue weighted by Crippen LogP contribution is -2.28. The van der Waals surface area contributed by atoms with E-state index in [1.807, 2.05) is 42.5 Å². The highest BCUT2D eigenvalue weighted by atomic mass is 35.5. The molecule has 1 aliphatic heterocycles. The smallest absolute Gasteiger partial charge is 0.270 e. The number of thioether (sulfide) groups is 1. The van der Waals surface area contributed by atoms with Gasteiger partial charge in [0.05, 0.1) is 10.6 Å². The normalized spacial score (nSPS) is 14.0. The third-order valence-corrected chi connectivity index (χ3v) is 7.29. The van der Waals surface area contributed by atoms with E-state index in [9.17, 15) is 9.59 Å². The molecular formula is C29H30ClN3O4S2. The molecule has 0 spiro atoms. The summed E-state index contributed by atoms with van der Waals surface area (Å²) in [4.78, 5) is 28.9. The number of anilines is 1. The standard InChI is InChI=1S/C29H29N3O4S2.ClH/c1-3-31(4-2)16-17-35-23-14-10-22(11-15-23)32-28(34)26(38-29(32)37)18-20-8-12-24(13-9-20)36-25-7-5-6-21(19-25)27(30)33;/h5-15,18-19H,3-4,16-17H2,1-2H3,(H2,30,33);1H. The van der Waals surface area contributed by atoms with Crippen molar-refractivity contribution in [2.75, 3.05) is 31.1 Å². The Balaban J connectivity index is 0.00000420. The molecule has 10 heteroatoms. The van der Waals surface area contributed by atoms with Crippen LogP contribution in [0.4, 0.5) is 5.69 Å². The molecule has 0 saturated carbocycles. The minimum Gasteiger partial charge on any atom is -0.492 e. The zero-order chi connectivity index (χ0) is 27.1. The number of nitrogens with zero attached hydrogens (tertiary/aromatic N) is 2. The van der Waals surface area contributed by atoms with Crippen LogP contribution in [0.15, 0.2) is 77.7 Å². The number of carbonyl (C=O) groups is 2.